The summed E-state index contributed by atoms with van der Waals surface area (Å²) in [6.07, 6.45) is 0. The molecule has 0 bridgehead atoms. The molecule has 4 rings (SSSR count). The molecule has 4 aromatic rings. The quantitative estimate of drug-likeness (QED) is 0.569. The predicted octanol–water partition coefficient (Wildman–Crippen LogP) is 5.05. The maximum Gasteiger partial charge on any atom is 0.156 e. The van der Waals surface area contributed by atoms with Gasteiger partial charge in [0.25, 0.3) is 0 Å². The Morgan fingerprint density at radius 3 is 2.20 bits per heavy atom. The summed E-state index contributed by atoms with van der Waals surface area (Å²) in [5.41, 5.74) is 2.46. The van der Waals surface area contributed by atoms with Gasteiger partial charge in [0.2, 0.25) is 0 Å². The third kappa shape index (κ3) is 3.06. The first-order valence-corrected chi connectivity index (χ1v) is 8.11. The van der Waals surface area contributed by atoms with Crippen LogP contribution in [0.25, 0.3) is 22.0 Å². The van der Waals surface area contributed by atoms with E-state index in [4.69, 9.17) is 0 Å². The van der Waals surface area contributed by atoms with E-state index in [2.05, 4.69) is 15.5 Å². The highest BCUT2D eigenvalue weighted by Crippen LogP contribution is 2.29. The van der Waals surface area contributed by atoms with Crippen molar-refractivity contribution in [3.8, 4) is 11.3 Å². The SMILES string of the molecule is Fc1ccccc1CNc1nnc(-c2ccccc2)c2ccccc12. The molecule has 0 aliphatic carbocycles. The van der Waals surface area contributed by atoms with Crippen LogP contribution in [0.4, 0.5) is 10.2 Å². The van der Waals surface area contributed by atoms with Crippen LogP contribution in [0.5, 0.6) is 0 Å². The van der Waals surface area contributed by atoms with Gasteiger partial charge in [-0.15, -0.1) is 10.2 Å². The monoisotopic (exact) mass is 329 g/mol. The molecule has 1 heterocycles. The maximum atomic E-state index is 13.8. The fourth-order valence-corrected chi connectivity index (χ4v) is 2.86. The number of nitrogens with one attached hydrogen (secondary N) is 1. The second-order valence-electron chi connectivity index (χ2n) is 5.75. The van der Waals surface area contributed by atoms with Crippen molar-refractivity contribution in [1.29, 1.82) is 0 Å². The van der Waals surface area contributed by atoms with Gasteiger partial charge in [0.05, 0.1) is 0 Å². The van der Waals surface area contributed by atoms with E-state index < -0.39 is 0 Å². The van der Waals surface area contributed by atoms with Crippen LogP contribution in [-0.4, -0.2) is 10.2 Å². The Labute approximate surface area is 145 Å². The number of hydrogen-bond acceptors (Lipinski definition) is 3. The van der Waals surface area contributed by atoms with Gasteiger partial charge in [-0.25, -0.2) is 4.39 Å². The Morgan fingerprint density at radius 1 is 0.720 bits per heavy atom. The summed E-state index contributed by atoms with van der Waals surface area (Å²) < 4.78 is 13.8. The van der Waals surface area contributed by atoms with Gasteiger partial charge in [-0.05, 0) is 6.07 Å². The Morgan fingerprint density at radius 2 is 1.40 bits per heavy atom. The molecule has 3 aromatic carbocycles. The summed E-state index contributed by atoms with van der Waals surface area (Å²) in [6, 6.07) is 24.7. The van der Waals surface area contributed by atoms with Crippen molar-refractivity contribution in [2.75, 3.05) is 5.32 Å². The molecule has 0 aliphatic heterocycles. The highest BCUT2D eigenvalue weighted by Gasteiger charge is 2.11. The molecule has 25 heavy (non-hydrogen) atoms. The third-order valence-electron chi connectivity index (χ3n) is 4.14. The van der Waals surface area contributed by atoms with Crippen LogP contribution in [0.3, 0.4) is 0 Å². The lowest BCUT2D eigenvalue weighted by molar-refractivity contribution is 0.613. The van der Waals surface area contributed by atoms with E-state index in [1.807, 2.05) is 60.7 Å². The van der Waals surface area contributed by atoms with E-state index in [-0.39, 0.29) is 5.82 Å². The standard InChI is InChI=1S/C21H16FN3/c22-19-13-7-4-10-16(19)14-23-21-18-12-6-5-11-17(18)20(24-25-21)15-8-2-1-3-9-15/h1-13H,14H2,(H,23,25). The van der Waals surface area contributed by atoms with Crippen molar-refractivity contribution >= 4 is 16.6 Å². The average molecular weight is 329 g/mol. The van der Waals surface area contributed by atoms with Gasteiger partial charge in [-0.3, -0.25) is 0 Å². The summed E-state index contributed by atoms with van der Waals surface area (Å²) in [5, 5.41) is 13.9. The summed E-state index contributed by atoms with van der Waals surface area (Å²) in [5.74, 6) is 0.423. The van der Waals surface area contributed by atoms with Crippen LogP contribution in [0.2, 0.25) is 0 Å². The zero-order valence-corrected chi connectivity index (χ0v) is 13.5. The van der Waals surface area contributed by atoms with Gasteiger partial charge in [0.15, 0.2) is 5.82 Å². The van der Waals surface area contributed by atoms with Gasteiger partial charge in [0.1, 0.15) is 11.5 Å². The topological polar surface area (TPSA) is 37.8 Å². The fourth-order valence-electron chi connectivity index (χ4n) is 2.86. The Hall–Kier alpha value is -3.27. The third-order valence-corrected chi connectivity index (χ3v) is 4.14. The molecule has 0 saturated heterocycles. The highest BCUT2D eigenvalue weighted by molar-refractivity contribution is 5.99. The molecule has 0 saturated carbocycles. The lowest BCUT2D eigenvalue weighted by Gasteiger charge is -2.11. The van der Waals surface area contributed by atoms with Crippen molar-refractivity contribution in [2.24, 2.45) is 0 Å². The molecule has 0 fully saturated rings. The minimum atomic E-state index is -0.229. The van der Waals surface area contributed by atoms with Crippen molar-refractivity contribution in [3.63, 3.8) is 0 Å². The number of rotatable bonds is 4. The fraction of sp³-hybridized carbons (Fsp3) is 0.0476. The van der Waals surface area contributed by atoms with Crippen molar-refractivity contribution in [2.45, 2.75) is 6.54 Å². The molecule has 0 amide bonds. The molecular weight excluding hydrogens is 313 g/mol. The van der Waals surface area contributed by atoms with Crippen molar-refractivity contribution in [1.82, 2.24) is 10.2 Å². The number of anilines is 1. The van der Waals surface area contributed by atoms with E-state index >= 15 is 0 Å². The Bertz CT molecular complexity index is 1020. The van der Waals surface area contributed by atoms with Gasteiger partial charge in [-0.1, -0.05) is 72.8 Å². The Balaban J connectivity index is 1.73. The molecule has 1 aromatic heterocycles. The largest absolute Gasteiger partial charge is 0.364 e. The summed E-state index contributed by atoms with van der Waals surface area (Å²) in [6.45, 7) is 0.357. The molecule has 0 aliphatic rings. The van der Waals surface area contributed by atoms with Crippen LogP contribution in [0.1, 0.15) is 5.56 Å². The van der Waals surface area contributed by atoms with E-state index in [0.29, 0.717) is 17.9 Å². The molecular formula is C21H16FN3. The zero-order valence-electron chi connectivity index (χ0n) is 13.5. The van der Waals surface area contributed by atoms with Gasteiger partial charge in [-0.2, -0.15) is 0 Å². The molecule has 1 N–H and O–H groups in total. The lowest BCUT2D eigenvalue weighted by Crippen LogP contribution is -2.05. The number of halogens is 1. The van der Waals surface area contributed by atoms with E-state index in [1.165, 1.54) is 6.07 Å². The number of benzene rings is 3. The maximum absolute atomic E-state index is 13.8. The number of aromatic nitrogens is 2. The average Bonchev–Trinajstić information content (AvgIpc) is 2.68. The summed E-state index contributed by atoms with van der Waals surface area (Å²) in [4.78, 5) is 0. The van der Waals surface area contributed by atoms with E-state index in [9.17, 15) is 4.39 Å². The minimum absolute atomic E-state index is 0.229. The Kier molecular flexibility index (Phi) is 4.09. The van der Waals surface area contributed by atoms with Crippen LogP contribution in [-0.2, 0) is 6.54 Å². The molecule has 0 spiro atoms. The number of hydrogen-bond donors (Lipinski definition) is 1. The van der Waals surface area contributed by atoms with Crippen molar-refractivity contribution in [3.05, 3.63) is 90.2 Å². The first kappa shape index (κ1) is 15.3. The van der Waals surface area contributed by atoms with E-state index in [0.717, 1.165) is 22.0 Å². The molecule has 4 heteroatoms. The zero-order chi connectivity index (χ0) is 17.1. The smallest absolute Gasteiger partial charge is 0.156 e. The van der Waals surface area contributed by atoms with Gasteiger partial charge in [0, 0.05) is 28.4 Å². The molecule has 0 unspecified atom stereocenters. The summed E-state index contributed by atoms with van der Waals surface area (Å²) >= 11 is 0. The predicted molar refractivity (Wildman–Crippen MR) is 98.7 cm³/mol. The molecule has 3 nitrogen and oxygen atoms in total. The van der Waals surface area contributed by atoms with Crippen LogP contribution in [0, 0.1) is 5.82 Å². The van der Waals surface area contributed by atoms with Crippen molar-refractivity contribution < 1.29 is 4.39 Å². The molecule has 0 radical (unpaired) electrons. The summed E-state index contributed by atoms with van der Waals surface area (Å²) in [7, 11) is 0. The molecule has 0 atom stereocenters. The second kappa shape index (κ2) is 6.69. The molecule has 122 valence electrons. The normalized spacial score (nSPS) is 10.8. The first-order valence-electron chi connectivity index (χ1n) is 8.11. The van der Waals surface area contributed by atoms with Crippen LogP contribution < -0.4 is 5.32 Å². The van der Waals surface area contributed by atoms with E-state index in [1.54, 1.807) is 12.1 Å². The number of nitrogens with zero attached hydrogens (tertiary/aromatic N) is 2. The number of fused-ring (bicyclic) bond motifs is 1. The first-order chi connectivity index (χ1) is 12.3. The minimum Gasteiger partial charge on any atom is -0.364 e. The van der Waals surface area contributed by atoms with Crippen LogP contribution >= 0.6 is 0 Å². The second-order valence-corrected chi connectivity index (χ2v) is 5.75. The van der Waals surface area contributed by atoms with Crippen LogP contribution in [0.15, 0.2) is 78.9 Å². The van der Waals surface area contributed by atoms with Gasteiger partial charge >= 0.3 is 0 Å². The highest BCUT2D eigenvalue weighted by atomic mass is 19.1. The lowest BCUT2D eigenvalue weighted by atomic mass is 10.0. The van der Waals surface area contributed by atoms with Gasteiger partial charge < -0.3 is 5.32 Å².